The number of esters is 2. The van der Waals surface area contributed by atoms with E-state index in [2.05, 4.69) is 6.58 Å². The lowest BCUT2D eigenvalue weighted by Crippen LogP contribution is -2.42. The number of carbonyl (C=O) groups is 2. The van der Waals surface area contributed by atoms with E-state index in [1.165, 1.54) is 27.4 Å². The van der Waals surface area contributed by atoms with Crippen molar-refractivity contribution in [2.24, 2.45) is 0 Å². The molecule has 0 saturated heterocycles. The van der Waals surface area contributed by atoms with Crippen LogP contribution in [-0.2, 0) is 32.3 Å². The van der Waals surface area contributed by atoms with Gasteiger partial charge < -0.3 is 22.8 Å². The van der Waals surface area contributed by atoms with E-state index in [9.17, 15) is 9.59 Å². The first-order valence-electron chi connectivity index (χ1n) is 8.91. The summed E-state index contributed by atoms with van der Waals surface area (Å²) in [6.45, 7) is 7.69. The van der Waals surface area contributed by atoms with Crippen molar-refractivity contribution in [1.82, 2.24) is 0 Å². The highest BCUT2D eigenvalue weighted by molar-refractivity contribution is 6.61. The molecule has 0 aromatic carbocycles. The molecule has 0 N–H and O–H groups in total. The van der Waals surface area contributed by atoms with E-state index in [0.717, 1.165) is 30.1 Å². The zero-order chi connectivity index (χ0) is 21.4. The second-order valence-corrected chi connectivity index (χ2v) is 8.98. The quantitative estimate of drug-likeness (QED) is 0.187. The van der Waals surface area contributed by atoms with E-state index < -0.39 is 20.7 Å². The summed E-state index contributed by atoms with van der Waals surface area (Å²) in [6, 6.07) is 0.383. The normalized spacial score (nSPS) is 12.9. The smallest absolute Gasteiger partial charge is 0.458 e. The van der Waals surface area contributed by atoms with Gasteiger partial charge in [-0.2, -0.15) is 0 Å². The number of hydrogen-bond donors (Lipinski definition) is 0. The fourth-order valence-corrected chi connectivity index (χ4v) is 3.47. The molecular formula is C20H32O7Si. The van der Waals surface area contributed by atoms with Crippen molar-refractivity contribution < 1.29 is 32.3 Å². The third-order valence-corrected chi connectivity index (χ3v) is 6.45. The molecule has 0 rings (SSSR count). The molecular weight excluding hydrogens is 380 g/mol. The van der Waals surface area contributed by atoms with E-state index >= 15 is 0 Å². The first-order valence-corrected chi connectivity index (χ1v) is 10.8. The molecule has 0 aliphatic carbocycles. The van der Waals surface area contributed by atoms with Gasteiger partial charge in [-0.1, -0.05) is 24.3 Å². The minimum atomic E-state index is -2.72. The van der Waals surface area contributed by atoms with Gasteiger partial charge in [-0.15, -0.1) is 0 Å². The van der Waals surface area contributed by atoms with E-state index in [1.807, 2.05) is 26.0 Å². The van der Waals surface area contributed by atoms with Gasteiger partial charge in [0.05, 0.1) is 0 Å². The third-order valence-electron chi connectivity index (χ3n) is 3.85. The first-order chi connectivity index (χ1) is 13.3. The van der Waals surface area contributed by atoms with Crippen molar-refractivity contribution in [1.29, 1.82) is 0 Å². The molecule has 0 fully saturated rings. The number of carbonyl (C=O) groups excluding carboxylic acids is 2. The highest BCUT2D eigenvalue weighted by atomic mass is 28.4. The average molecular weight is 413 g/mol. The lowest BCUT2D eigenvalue weighted by atomic mass is 10.1. The molecule has 0 amide bonds. The molecule has 0 aliphatic rings. The van der Waals surface area contributed by atoms with Gasteiger partial charge >= 0.3 is 20.7 Å². The maximum Gasteiger partial charge on any atom is 0.504 e. The highest BCUT2D eigenvalue weighted by Crippen LogP contribution is 2.13. The predicted molar refractivity (Wildman–Crippen MR) is 110 cm³/mol. The van der Waals surface area contributed by atoms with Gasteiger partial charge in [0, 0.05) is 39.5 Å². The van der Waals surface area contributed by atoms with Crippen molar-refractivity contribution >= 4 is 20.7 Å². The van der Waals surface area contributed by atoms with Crippen LogP contribution in [0.3, 0.4) is 0 Å². The van der Waals surface area contributed by atoms with Crippen LogP contribution in [0.2, 0.25) is 6.04 Å². The molecule has 0 aromatic rings. The molecule has 0 heterocycles. The van der Waals surface area contributed by atoms with Crippen molar-refractivity contribution in [3.05, 3.63) is 48.1 Å². The summed E-state index contributed by atoms with van der Waals surface area (Å²) >= 11 is 0. The van der Waals surface area contributed by atoms with Crippen molar-refractivity contribution in [2.75, 3.05) is 34.5 Å². The second kappa shape index (κ2) is 15.0. The Hall–Kier alpha value is -2.00. The summed E-state index contributed by atoms with van der Waals surface area (Å²) in [6.07, 6.45) is 9.63. The van der Waals surface area contributed by atoms with Gasteiger partial charge in [0.2, 0.25) is 0 Å². The van der Waals surface area contributed by atoms with Crippen LogP contribution < -0.4 is 0 Å². The van der Waals surface area contributed by atoms with Crippen LogP contribution >= 0.6 is 0 Å². The highest BCUT2D eigenvalue weighted by Gasteiger charge is 2.36. The van der Waals surface area contributed by atoms with Crippen LogP contribution in [-0.4, -0.2) is 55.3 Å². The summed E-state index contributed by atoms with van der Waals surface area (Å²) in [5, 5.41) is 0. The van der Waals surface area contributed by atoms with Gasteiger partial charge in [0.15, 0.2) is 0 Å². The van der Waals surface area contributed by atoms with Gasteiger partial charge in [-0.25, -0.2) is 9.59 Å². The molecule has 0 spiro atoms. The Bertz CT molecular complexity index is 581. The van der Waals surface area contributed by atoms with Gasteiger partial charge in [0.1, 0.15) is 13.2 Å². The lowest BCUT2D eigenvalue weighted by Gasteiger charge is -2.22. The Labute approximate surface area is 169 Å². The molecule has 0 unspecified atom stereocenters. The van der Waals surface area contributed by atoms with E-state index in [1.54, 1.807) is 6.08 Å². The molecule has 0 aliphatic heterocycles. The molecule has 0 aromatic heterocycles. The first kappa shape index (κ1) is 26.0. The average Bonchev–Trinajstić information content (AvgIpc) is 2.69. The number of hydrogen-bond acceptors (Lipinski definition) is 7. The zero-order valence-electron chi connectivity index (χ0n) is 17.5. The van der Waals surface area contributed by atoms with Crippen molar-refractivity contribution in [2.45, 2.75) is 32.7 Å². The van der Waals surface area contributed by atoms with Crippen LogP contribution in [0.1, 0.15) is 26.7 Å². The molecule has 0 bridgehead atoms. The summed E-state index contributed by atoms with van der Waals surface area (Å²) in [5.74, 6) is -0.866. The number of rotatable bonds is 14. The van der Waals surface area contributed by atoms with Crippen LogP contribution in [0.5, 0.6) is 0 Å². The molecule has 158 valence electrons. The summed E-state index contributed by atoms with van der Waals surface area (Å²) in [5.41, 5.74) is 2.08. The van der Waals surface area contributed by atoms with Crippen LogP contribution in [0.25, 0.3) is 0 Å². The molecule has 7 nitrogen and oxygen atoms in total. The largest absolute Gasteiger partial charge is 0.504 e. The summed E-state index contributed by atoms with van der Waals surface area (Å²) < 4.78 is 25.9. The minimum absolute atomic E-state index is 0.204. The van der Waals surface area contributed by atoms with E-state index in [4.69, 9.17) is 22.8 Å². The molecule has 0 radical (unpaired) electrons. The summed E-state index contributed by atoms with van der Waals surface area (Å²) in [7, 11) is 1.84. The maximum absolute atomic E-state index is 11.7. The van der Waals surface area contributed by atoms with E-state index in [0.29, 0.717) is 6.04 Å². The molecule has 28 heavy (non-hydrogen) atoms. The summed E-state index contributed by atoms with van der Waals surface area (Å²) in [4.78, 5) is 22.7. The molecule has 0 atom stereocenters. The second-order valence-electron chi connectivity index (χ2n) is 5.98. The molecule has 8 heteroatoms. The predicted octanol–water partition coefficient (Wildman–Crippen LogP) is 3.37. The van der Waals surface area contributed by atoms with Gasteiger partial charge in [-0.3, -0.25) is 0 Å². The monoisotopic (exact) mass is 412 g/mol. The minimum Gasteiger partial charge on any atom is -0.458 e. The maximum atomic E-state index is 11.7. The standard InChI is InChI=1S/C20H32O7Si/c1-7-19(21)27-16-18(3)11-8-10-17(2)13-14-26-20(22)12-9-15-28(23-4,24-5)25-6/h7,9,11-13H,1,8,10,14-16H2,2-6H3/b12-9+,17-13+,18-11-. The van der Waals surface area contributed by atoms with Gasteiger partial charge in [-0.05, 0) is 38.3 Å². The number of ether oxygens (including phenoxy) is 2. The Morgan fingerprint density at radius 3 is 2.14 bits per heavy atom. The van der Waals surface area contributed by atoms with Crippen molar-refractivity contribution in [3.63, 3.8) is 0 Å². The Balaban J connectivity index is 4.19. The topological polar surface area (TPSA) is 80.3 Å². The fraction of sp³-hybridized carbons (Fsp3) is 0.500. The molecule has 0 saturated carbocycles. The Morgan fingerprint density at radius 1 is 0.929 bits per heavy atom. The van der Waals surface area contributed by atoms with Crippen LogP contribution in [0.15, 0.2) is 48.1 Å². The zero-order valence-corrected chi connectivity index (χ0v) is 18.5. The van der Waals surface area contributed by atoms with Crippen molar-refractivity contribution in [3.8, 4) is 0 Å². The SMILES string of the molecule is C=CC(=O)OC/C(C)=C\CC/C(C)=C/COC(=O)/C=C/C[Si](OC)(OC)OC. The third kappa shape index (κ3) is 11.7. The van der Waals surface area contributed by atoms with E-state index in [-0.39, 0.29) is 13.2 Å². The van der Waals surface area contributed by atoms with Crippen LogP contribution in [0, 0.1) is 0 Å². The lowest BCUT2D eigenvalue weighted by molar-refractivity contribution is -0.137. The fourth-order valence-electron chi connectivity index (χ4n) is 2.06. The van der Waals surface area contributed by atoms with Crippen LogP contribution in [0.4, 0.5) is 0 Å². The Kier molecular flexibility index (Phi) is 13.9. The number of allylic oxidation sites excluding steroid dienone is 3. The van der Waals surface area contributed by atoms with Gasteiger partial charge in [0.25, 0.3) is 0 Å². The Morgan fingerprint density at radius 2 is 1.57 bits per heavy atom.